The molecular weight excluding hydrogens is 346 g/mol. The van der Waals surface area contributed by atoms with Crippen molar-refractivity contribution in [3.63, 3.8) is 0 Å². The Morgan fingerprint density at radius 1 is 0.964 bits per heavy atom. The molecule has 0 saturated carbocycles. The number of carbonyl (C=O) groups excluding carboxylic acids is 1. The second kappa shape index (κ2) is 7.51. The molecule has 0 N–H and O–H groups in total. The number of para-hydroxylation sites is 1. The minimum atomic E-state index is -0.284. The predicted molar refractivity (Wildman–Crippen MR) is 114 cm³/mol. The van der Waals surface area contributed by atoms with Crippen molar-refractivity contribution < 1.29 is 4.79 Å². The molecule has 0 aromatic heterocycles. The van der Waals surface area contributed by atoms with E-state index in [-0.39, 0.29) is 11.2 Å². The molecule has 2 aromatic rings. The van der Waals surface area contributed by atoms with E-state index in [2.05, 4.69) is 58.3 Å². The van der Waals surface area contributed by atoms with Crippen LogP contribution in [0.5, 0.6) is 0 Å². The minimum absolute atomic E-state index is 0.258. The molecule has 28 heavy (non-hydrogen) atoms. The molecule has 0 amide bonds. The van der Waals surface area contributed by atoms with Crippen molar-refractivity contribution in [3.8, 4) is 0 Å². The topological polar surface area (TPSA) is 35.9 Å². The summed E-state index contributed by atoms with van der Waals surface area (Å²) in [6.45, 7) is 10.4. The Kier molecular flexibility index (Phi) is 5.07. The average Bonchev–Trinajstić information content (AvgIpc) is 2.85. The lowest BCUT2D eigenvalue weighted by molar-refractivity contribution is -0.126. The zero-order chi connectivity index (χ0) is 19.7. The summed E-state index contributed by atoms with van der Waals surface area (Å²) < 4.78 is 0. The van der Waals surface area contributed by atoms with Crippen LogP contribution < -0.4 is 0 Å². The van der Waals surface area contributed by atoms with Gasteiger partial charge in [0.15, 0.2) is 0 Å². The van der Waals surface area contributed by atoms with Gasteiger partial charge in [-0.2, -0.15) is 0 Å². The Bertz CT molecular complexity index is 908. The number of Topliss-reactive ketones (excluding diaryl/α,β-unsaturated/α-hetero) is 1. The average molecular weight is 376 g/mol. The summed E-state index contributed by atoms with van der Waals surface area (Å²) in [6, 6.07) is 17.1. The summed E-state index contributed by atoms with van der Waals surface area (Å²) in [5, 5.41) is 0. The molecule has 2 aliphatic rings. The van der Waals surface area contributed by atoms with Crippen molar-refractivity contribution in [2.75, 3.05) is 32.7 Å². The third-order valence-electron chi connectivity index (χ3n) is 6.10. The molecule has 0 unspecified atom stereocenters. The molecular formula is C24H29N3O. The van der Waals surface area contributed by atoms with Crippen LogP contribution in [0.4, 0.5) is 5.69 Å². The van der Waals surface area contributed by atoms with E-state index in [1.807, 2.05) is 13.8 Å². The normalized spacial score (nSPS) is 17.4. The highest BCUT2D eigenvalue weighted by Crippen LogP contribution is 2.30. The van der Waals surface area contributed by atoms with Gasteiger partial charge < -0.3 is 4.90 Å². The van der Waals surface area contributed by atoms with E-state index in [1.54, 1.807) is 6.92 Å². The molecule has 4 nitrogen and oxygen atoms in total. The van der Waals surface area contributed by atoms with Gasteiger partial charge in [-0.15, -0.1) is 0 Å². The molecule has 1 saturated heterocycles. The fraction of sp³-hybridized carbons (Fsp3) is 0.417. The van der Waals surface area contributed by atoms with E-state index in [0.29, 0.717) is 0 Å². The Morgan fingerprint density at radius 2 is 1.61 bits per heavy atom. The van der Waals surface area contributed by atoms with E-state index >= 15 is 0 Å². The van der Waals surface area contributed by atoms with Crippen molar-refractivity contribution in [2.45, 2.75) is 27.2 Å². The van der Waals surface area contributed by atoms with E-state index in [1.165, 1.54) is 16.7 Å². The first-order valence-corrected chi connectivity index (χ1v) is 10.2. The number of benzene rings is 2. The van der Waals surface area contributed by atoms with Crippen LogP contribution in [0.2, 0.25) is 0 Å². The molecule has 0 aliphatic carbocycles. The van der Waals surface area contributed by atoms with Crippen LogP contribution in [0.15, 0.2) is 53.5 Å². The van der Waals surface area contributed by atoms with E-state index in [0.717, 1.165) is 50.7 Å². The summed E-state index contributed by atoms with van der Waals surface area (Å²) in [6.07, 6.45) is 0.923. The summed E-state index contributed by atoms with van der Waals surface area (Å²) in [5.41, 5.74) is 4.66. The van der Waals surface area contributed by atoms with Gasteiger partial charge in [0.05, 0.1) is 5.69 Å². The van der Waals surface area contributed by atoms with E-state index < -0.39 is 0 Å². The number of hydrogen-bond donors (Lipinski definition) is 0. The van der Waals surface area contributed by atoms with Gasteiger partial charge in [-0.25, -0.2) is 4.99 Å². The first-order valence-electron chi connectivity index (χ1n) is 10.2. The monoisotopic (exact) mass is 375 g/mol. The van der Waals surface area contributed by atoms with Crippen molar-refractivity contribution >= 4 is 17.3 Å². The highest BCUT2D eigenvalue weighted by molar-refractivity contribution is 6.02. The zero-order valence-corrected chi connectivity index (χ0v) is 17.1. The highest BCUT2D eigenvalue weighted by atomic mass is 16.1. The molecule has 0 bridgehead atoms. The largest absolute Gasteiger partial charge is 0.354 e. The van der Waals surface area contributed by atoms with Gasteiger partial charge in [-0.3, -0.25) is 9.69 Å². The molecule has 4 heteroatoms. The lowest BCUT2D eigenvalue weighted by atomic mass is 9.88. The first-order chi connectivity index (χ1) is 13.4. The predicted octanol–water partition coefficient (Wildman–Crippen LogP) is 3.90. The molecule has 4 rings (SSSR count). The second-order valence-electron chi connectivity index (χ2n) is 8.60. The number of fused-ring (bicyclic) bond motifs is 2. The first kappa shape index (κ1) is 18.9. The smallest absolute Gasteiger partial charge is 0.136 e. The van der Waals surface area contributed by atoms with Gasteiger partial charge >= 0.3 is 0 Å². The van der Waals surface area contributed by atoms with Crippen LogP contribution in [0.3, 0.4) is 0 Å². The molecule has 2 heterocycles. The molecule has 0 spiro atoms. The summed E-state index contributed by atoms with van der Waals surface area (Å²) in [7, 11) is 0. The van der Waals surface area contributed by atoms with Crippen LogP contribution in [-0.2, 0) is 11.2 Å². The fourth-order valence-corrected chi connectivity index (χ4v) is 4.07. The maximum atomic E-state index is 11.9. The van der Waals surface area contributed by atoms with Gasteiger partial charge in [-0.05, 0) is 24.1 Å². The number of ketones is 1. The van der Waals surface area contributed by atoms with Crippen molar-refractivity contribution in [2.24, 2.45) is 10.4 Å². The molecule has 146 valence electrons. The van der Waals surface area contributed by atoms with Crippen LogP contribution in [-0.4, -0.2) is 54.1 Å². The SMILES string of the molecule is CC(=O)C(C)(C)CN1CCN(C2=Nc3ccccc3Cc3ccccc32)CC1. The summed E-state index contributed by atoms with van der Waals surface area (Å²) in [4.78, 5) is 21.8. The van der Waals surface area contributed by atoms with Gasteiger partial charge in [0, 0.05) is 50.1 Å². The number of rotatable bonds is 3. The second-order valence-corrected chi connectivity index (χ2v) is 8.60. The van der Waals surface area contributed by atoms with Gasteiger partial charge in [0.2, 0.25) is 0 Å². The third kappa shape index (κ3) is 3.74. The Labute approximate surface area is 167 Å². The lowest BCUT2D eigenvalue weighted by Gasteiger charge is -2.39. The number of hydrogen-bond acceptors (Lipinski definition) is 4. The fourth-order valence-electron chi connectivity index (χ4n) is 4.07. The maximum Gasteiger partial charge on any atom is 0.136 e. The molecule has 0 radical (unpaired) electrons. The zero-order valence-electron chi connectivity index (χ0n) is 17.1. The van der Waals surface area contributed by atoms with Gasteiger partial charge in [0.25, 0.3) is 0 Å². The highest BCUT2D eigenvalue weighted by Gasteiger charge is 2.30. The molecule has 1 fully saturated rings. The maximum absolute atomic E-state index is 11.9. The van der Waals surface area contributed by atoms with Crippen LogP contribution in [0, 0.1) is 5.41 Å². The van der Waals surface area contributed by atoms with Crippen molar-refractivity contribution in [3.05, 3.63) is 65.2 Å². The van der Waals surface area contributed by atoms with Gasteiger partial charge in [-0.1, -0.05) is 56.3 Å². The van der Waals surface area contributed by atoms with Crippen LogP contribution in [0.1, 0.15) is 37.5 Å². The number of amidine groups is 1. The Morgan fingerprint density at radius 3 is 2.32 bits per heavy atom. The van der Waals surface area contributed by atoms with Gasteiger partial charge in [0.1, 0.15) is 11.6 Å². The number of carbonyl (C=O) groups is 1. The van der Waals surface area contributed by atoms with Crippen molar-refractivity contribution in [1.82, 2.24) is 9.80 Å². The lowest BCUT2D eigenvalue weighted by Crippen LogP contribution is -2.51. The summed E-state index contributed by atoms with van der Waals surface area (Å²) in [5.74, 6) is 1.35. The number of aliphatic imine (C=N–C) groups is 1. The Balaban J connectivity index is 1.57. The van der Waals surface area contributed by atoms with Crippen LogP contribution >= 0.6 is 0 Å². The van der Waals surface area contributed by atoms with Crippen LogP contribution in [0.25, 0.3) is 0 Å². The summed E-state index contributed by atoms with van der Waals surface area (Å²) >= 11 is 0. The Hall–Kier alpha value is -2.46. The molecule has 2 aromatic carbocycles. The third-order valence-corrected chi connectivity index (χ3v) is 6.10. The quantitative estimate of drug-likeness (QED) is 0.816. The number of nitrogens with zero attached hydrogens (tertiary/aromatic N) is 3. The van der Waals surface area contributed by atoms with Crippen molar-refractivity contribution in [1.29, 1.82) is 0 Å². The standard InChI is InChI=1S/C24H29N3O/c1-18(28)24(2,3)17-26-12-14-27(15-13-26)23-21-10-6-4-8-19(21)16-20-9-5-7-11-22(20)25-23/h4-11H,12-17H2,1-3H3. The molecule has 0 atom stereocenters. The van der Waals surface area contributed by atoms with E-state index in [4.69, 9.17) is 4.99 Å². The van der Waals surface area contributed by atoms with E-state index in [9.17, 15) is 4.79 Å². The minimum Gasteiger partial charge on any atom is -0.354 e. The molecule has 2 aliphatic heterocycles. The number of piperazine rings is 1.